The van der Waals surface area contributed by atoms with Crippen LogP contribution in [0.25, 0.3) is 0 Å². The molecule has 27 heavy (non-hydrogen) atoms. The summed E-state index contributed by atoms with van der Waals surface area (Å²) in [7, 11) is 0. The smallest absolute Gasteiger partial charge is 0.267 e. The third kappa shape index (κ3) is 4.28. The van der Waals surface area contributed by atoms with Gasteiger partial charge in [-0.3, -0.25) is 9.78 Å². The van der Waals surface area contributed by atoms with Gasteiger partial charge in [-0.25, -0.2) is 0 Å². The molecular weight excluding hydrogens is 360 g/mol. The molecule has 1 unspecified atom stereocenters. The number of nitrogens with zero attached hydrogens (tertiary/aromatic N) is 2. The highest BCUT2D eigenvalue weighted by atomic mass is 32.1. The highest BCUT2D eigenvalue weighted by Crippen LogP contribution is 2.31. The van der Waals surface area contributed by atoms with Gasteiger partial charge in [0.1, 0.15) is 6.61 Å². The van der Waals surface area contributed by atoms with Crippen LogP contribution in [0.4, 0.5) is 0 Å². The molecule has 1 aliphatic rings. The van der Waals surface area contributed by atoms with Crippen molar-refractivity contribution in [1.29, 1.82) is 0 Å². The third-order valence-corrected chi connectivity index (χ3v) is 5.34. The molecule has 138 valence electrons. The number of ether oxygens (including phenoxy) is 2. The number of rotatable bonds is 6. The second-order valence-corrected chi connectivity index (χ2v) is 7.35. The fourth-order valence-electron chi connectivity index (χ4n) is 3.02. The Morgan fingerprint density at radius 1 is 1.15 bits per heavy atom. The van der Waals surface area contributed by atoms with E-state index in [-0.39, 0.29) is 12.5 Å². The molecule has 0 bridgehead atoms. The minimum absolute atomic E-state index is 0.0649. The van der Waals surface area contributed by atoms with Crippen LogP contribution in [-0.2, 0) is 17.8 Å². The zero-order valence-electron chi connectivity index (χ0n) is 14.8. The molecule has 1 aromatic carbocycles. The zero-order valence-corrected chi connectivity index (χ0v) is 15.6. The predicted octanol–water partition coefficient (Wildman–Crippen LogP) is 3.55. The molecule has 0 spiro atoms. The number of pyridine rings is 1. The van der Waals surface area contributed by atoms with Crippen molar-refractivity contribution in [2.45, 2.75) is 19.1 Å². The quantitative estimate of drug-likeness (QED) is 0.656. The van der Waals surface area contributed by atoms with Gasteiger partial charge in [-0.2, -0.15) is 0 Å². The maximum Gasteiger partial charge on any atom is 0.267 e. The van der Waals surface area contributed by atoms with Crippen LogP contribution in [0.1, 0.15) is 10.4 Å². The summed E-state index contributed by atoms with van der Waals surface area (Å²) in [5.41, 5.74) is 0.995. The van der Waals surface area contributed by atoms with Gasteiger partial charge in [0.2, 0.25) is 6.10 Å². The molecule has 1 aliphatic heterocycles. The van der Waals surface area contributed by atoms with Crippen LogP contribution in [-0.4, -0.2) is 35.0 Å². The van der Waals surface area contributed by atoms with E-state index in [4.69, 9.17) is 9.47 Å². The molecule has 6 heteroatoms. The largest absolute Gasteiger partial charge is 0.485 e. The Morgan fingerprint density at radius 3 is 2.81 bits per heavy atom. The van der Waals surface area contributed by atoms with Crippen molar-refractivity contribution in [3.05, 3.63) is 76.7 Å². The molecule has 1 amide bonds. The molecule has 0 saturated heterocycles. The van der Waals surface area contributed by atoms with Gasteiger partial charge in [-0.15, -0.1) is 11.3 Å². The summed E-state index contributed by atoms with van der Waals surface area (Å²) in [6, 6.07) is 15.4. The maximum atomic E-state index is 13.2. The van der Waals surface area contributed by atoms with Crippen molar-refractivity contribution >= 4 is 17.2 Å². The number of benzene rings is 1. The lowest BCUT2D eigenvalue weighted by Crippen LogP contribution is -2.46. The number of carbonyl (C=O) groups excluding carboxylic acids is 1. The molecule has 0 N–H and O–H groups in total. The molecule has 2 aromatic heterocycles. The van der Waals surface area contributed by atoms with Crippen molar-refractivity contribution < 1.29 is 14.3 Å². The van der Waals surface area contributed by atoms with E-state index >= 15 is 0 Å². The van der Waals surface area contributed by atoms with Gasteiger partial charge < -0.3 is 14.4 Å². The van der Waals surface area contributed by atoms with Crippen molar-refractivity contribution in [2.24, 2.45) is 0 Å². The average Bonchev–Trinajstić information content (AvgIpc) is 3.24. The minimum Gasteiger partial charge on any atom is -0.485 e. The number of aromatic nitrogens is 1. The lowest BCUT2D eigenvalue weighted by molar-refractivity contribution is -0.141. The number of amides is 1. The first-order valence-corrected chi connectivity index (χ1v) is 9.76. The molecular formula is C21H20N2O3S. The molecule has 4 rings (SSSR count). The fraction of sp³-hybridized carbons (Fsp3) is 0.238. The summed E-state index contributed by atoms with van der Waals surface area (Å²) in [5.74, 6) is 1.23. The van der Waals surface area contributed by atoms with E-state index in [1.54, 1.807) is 23.7 Å². The summed E-state index contributed by atoms with van der Waals surface area (Å²) < 4.78 is 11.6. The van der Waals surface area contributed by atoms with Crippen molar-refractivity contribution in [3.63, 3.8) is 0 Å². The van der Waals surface area contributed by atoms with Crippen LogP contribution >= 0.6 is 11.3 Å². The van der Waals surface area contributed by atoms with Crippen LogP contribution in [0.2, 0.25) is 0 Å². The first-order valence-electron chi connectivity index (χ1n) is 8.88. The Balaban J connectivity index is 1.49. The zero-order chi connectivity index (χ0) is 18.5. The summed E-state index contributed by atoms with van der Waals surface area (Å²) in [6.07, 6.45) is 3.70. The summed E-state index contributed by atoms with van der Waals surface area (Å²) in [5, 5.41) is 2.05. The number of thiophene rings is 1. The van der Waals surface area contributed by atoms with Gasteiger partial charge in [-0.1, -0.05) is 24.3 Å². The van der Waals surface area contributed by atoms with Crippen molar-refractivity contribution in [2.75, 3.05) is 13.2 Å². The number of para-hydroxylation sites is 2. The predicted molar refractivity (Wildman–Crippen MR) is 104 cm³/mol. The number of hydrogen-bond donors (Lipinski definition) is 0. The topological polar surface area (TPSA) is 51.7 Å². The van der Waals surface area contributed by atoms with Gasteiger partial charge in [0.25, 0.3) is 5.91 Å². The molecule has 0 fully saturated rings. The summed E-state index contributed by atoms with van der Waals surface area (Å²) in [6.45, 7) is 1.34. The summed E-state index contributed by atoms with van der Waals surface area (Å²) in [4.78, 5) is 20.4. The Bertz CT molecular complexity index is 883. The molecule has 3 heterocycles. The minimum atomic E-state index is -0.639. The van der Waals surface area contributed by atoms with E-state index in [2.05, 4.69) is 16.4 Å². The Hall–Kier alpha value is -2.86. The van der Waals surface area contributed by atoms with E-state index in [9.17, 15) is 4.79 Å². The van der Waals surface area contributed by atoms with Crippen molar-refractivity contribution in [3.8, 4) is 11.5 Å². The van der Waals surface area contributed by atoms with Gasteiger partial charge in [0.15, 0.2) is 11.5 Å². The first-order chi connectivity index (χ1) is 13.3. The summed E-state index contributed by atoms with van der Waals surface area (Å²) >= 11 is 1.70. The average molecular weight is 380 g/mol. The van der Waals surface area contributed by atoms with Gasteiger partial charge in [0.05, 0.1) is 0 Å². The Kier molecular flexibility index (Phi) is 5.34. The Morgan fingerprint density at radius 2 is 2.04 bits per heavy atom. The van der Waals surface area contributed by atoms with Crippen LogP contribution in [0, 0.1) is 0 Å². The van der Waals surface area contributed by atoms with Gasteiger partial charge >= 0.3 is 0 Å². The number of fused-ring (bicyclic) bond motifs is 1. The van der Waals surface area contributed by atoms with E-state index in [1.165, 1.54) is 4.88 Å². The molecule has 0 aliphatic carbocycles. The first kappa shape index (κ1) is 17.5. The van der Waals surface area contributed by atoms with E-state index in [0.717, 1.165) is 12.0 Å². The van der Waals surface area contributed by atoms with E-state index in [1.807, 2.05) is 47.4 Å². The second-order valence-electron chi connectivity index (χ2n) is 6.31. The van der Waals surface area contributed by atoms with E-state index in [0.29, 0.717) is 24.6 Å². The molecule has 0 radical (unpaired) electrons. The monoisotopic (exact) mass is 380 g/mol. The molecule has 3 aromatic rings. The van der Waals surface area contributed by atoms with Crippen LogP contribution in [0.5, 0.6) is 11.5 Å². The highest BCUT2D eigenvalue weighted by Gasteiger charge is 2.31. The standard InChI is InChI=1S/C21H20N2O3S/c24-21(20-15-25-18-7-1-2-8-19(18)26-20)23(11-9-17-6-4-12-27-17)14-16-5-3-10-22-13-16/h1-8,10,12-13,20H,9,11,14-15H2. The molecule has 1 atom stereocenters. The van der Waals surface area contributed by atoms with Crippen LogP contribution in [0.15, 0.2) is 66.3 Å². The van der Waals surface area contributed by atoms with Crippen molar-refractivity contribution in [1.82, 2.24) is 9.88 Å². The van der Waals surface area contributed by atoms with E-state index < -0.39 is 6.10 Å². The lowest BCUT2D eigenvalue weighted by Gasteiger charge is -2.30. The molecule has 0 saturated carbocycles. The van der Waals surface area contributed by atoms with Crippen LogP contribution in [0.3, 0.4) is 0 Å². The normalized spacial score (nSPS) is 15.3. The number of hydrogen-bond acceptors (Lipinski definition) is 5. The SMILES string of the molecule is O=C(C1COc2ccccc2O1)N(CCc1cccs1)Cc1cccnc1. The number of carbonyl (C=O) groups is 1. The van der Waals surface area contributed by atoms with Gasteiger partial charge in [-0.05, 0) is 41.6 Å². The third-order valence-electron chi connectivity index (χ3n) is 4.40. The van der Waals surface area contributed by atoms with Gasteiger partial charge in [0, 0.05) is 30.4 Å². The maximum absolute atomic E-state index is 13.2. The lowest BCUT2D eigenvalue weighted by atomic mass is 10.2. The molecule has 5 nitrogen and oxygen atoms in total. The fourth-order valence-corrected chi connectivity index (χ4v) is 3.72. The Labute approximate surface area is 162 Å². The second kappa shape index (κ2) is 8.22. The highest BCUT2D eigenvalue weighted by molar-refractivity contribution is 7.09. The van der Waals surface area contributed by atoms with Crippen LogP contribution < -0.4 is 9.47 Å².